The zero-order valence-corrected chi connectivity index (χ0v) is 13.7. The first kappa shape index (κ1) is 15.8. The predicted octanol–water partition coefficient (Wildman–Crippen LogP) is 4.21. The van der Waals surface area contributed by atoms with Crippen molar-refractivity contribution in [2.45, 2.75) is 51.5 Å². The third-order valence-corrected chi connectivity index (χ3v) is 5.46. The molecule has 22 heavy (non-hydrogen) atoms. The van der Waals surface area contributed by atoms with E-state index in [0.717, 1.165) is 31.2 Å². The molecule has 1 aliphatic carbocycles. The van der Waals surface area contributed by atoms with Gasteiger partial charge in [-0.3, -0.25) is 0 Å². The molecule has 1 aliphatic heterocycles. The smallest absolute Gasteiger partial charge is 0.125 e. The number of anilines is 1. The van der Waals surface area contributed by atoms with E-state index in [1.165, 1.54) is 44.6 Å². The molecule has 2 nitrogen and oxygen atoms in total. The molecule has 1 saturated carbocycles. The highest BCUT2D eigenvalue weighted by Gasteiger charge is 2.27. The van der Waals surface area contributed by atoms with Gasteiger partial charge in [-0.05, 0) is 55.8 Å². The van der Waals surface area contributed by atoms with Crippen LogP contribution in [0.1, 0.15) is 45.4 Å². The van der Waals surface area contributed by atoms with Crippen molar-refractivity contribution < 1.29 is 4.39 Å². The second-order valence-electron chi connectivity index (χ2n) is 7.15. The molecule has 1 aromatic carbocycles. The molecule has 0 radical (unpaired) electrons. The van der Waals surface area contributed by atoms with Crippen LogP contribution in [0.15, 0.2) is 24.3 Å². The summed E-state index contributed by atoms with van der Waals surface area (Å²) in [6.45, 7) is 5.50. The molecule has 2 unspecified atom stereocenters. The van der Waals surface area contributed by atoms with E-state index in [9.17, 15) is 4.39 Å². The molecule has 1 saturated heterocycles. The number of nitrogens with zero attached hydrogens (tertiary/aromatic N) is 1. The van der Waals surface area contributed by atoms with Crippen LogP contribution in [0.3, 0.4) is 0 Å². The number of hydrogen-bond donors (Lipinski definition) is 1. The lowest BCUT2D eigenvalue weighted by molar-refractivity contribution is 0.312. The van der Waals surface area contributed by atoms with Gasteiger partial charge in [-0.2, -0.15) is 0 Å². The summed E-state index contributed by atoms with van der Waals surface area (Å²) in [4.78, 5) is 2.37. The fourth-order valence-electron chi connectivity index (χ4n) is 4.08. The van der Waals surface area contributed by atoms with Gasteiger partial charge < -0.3 is 10.2 Å². The fourth-order valence-corrected chi connectivity index (χ4v) is 4.08. The second kappa shape index (κ2) is 7.45. The van der Waals surface area contributed by atoms with E-state index in [-0.39, 0.29) is 5.82 Å². The van der Waals surface area contributed by atoms with E-state index in [0.29, 0.717) is 12.0 Å². The van der Waals surface area contributed by atoms with Crippen LogP contribution in [0, 0.1) is 17.7 Å². The number of hydrogen-bond acceptors (Lipinski definition) is 2. The predicted molar refractivity (Wildman–Crippen MR) is 90.8 cm³/mol. The summed E-state index contributed by atoms with van der Waals surface area (Å²) in [5.41, 5.74) is 1.03. The third-order valence-electron chi connectivity index (χ3n) is 5.46. The molecular formula is C19H29FN2. The molecule has 1 aromatic rings. The lowest BCUT2D eigenvalue weighted by atomic mass is 9.91. The molecule has 2 aliphatic rings. The molecular weight excluding hydrogens is 275 g/mol. The van der Waals surface area contributed by atoms with Crippen molar-refractivity contribution in [1.29, 1.82) is 0 Å². The molecule has 0 amide bonds. The van der Waals surface area contributed by atoms with Gasteiger partial charge in [0.15, 0.2) is 0 Å². The Balaban J connectivity index is 1.61. The molecule has 1 N–H and O–H groups in total. The average Bonchev–Trinajstić information content (AvgIpc) is 3.06. The van der Waals surface area contributed by atoms with Gasteiger partial charge in [0, 0.05) is 24.8 Å². The SMILES string of the molecule is CCC1CC(NCC2CCCC2)CN(c2cccc(F)c2)C1. The Morgan fingerprint density at radius 3 is 2.73 bits per heavy atom. The molecule has 2 atom stereocenters. The maximum Gasteiger partial charge on any atom is 0.125 e. The van der Waals surface area contributed by atoms with Crippen molar-refractivity contribution in [1.82, 2.24) is 5.32 Å². The van der Waals surface area contributed by atoms with E-state index < -0.39 is 0 Å². The van der Waals surface area contributed by atoms with Crippen LogP contribution in [0.2, 0.25) is 0 Å². The van der Waals surface area contributed by atoms with E-state index in [1.54, 1.807) is 6.07 Å². The summed E-state index contributed by atoms with van der Waals surface area (Å²) in [5.74, 6) is 1.45. The van der Waals surface area contributed by atoms with Crippen LogP contribution in [0.4, 0.5) is 10.1 Å². The lowest BCUT2D eigenvalue weighted by Crippen LogP contribution is -2.50. The molecule has 3 heteroatoms. The minimum atomic E-state index is -0.133. The van der Waals surface area contributed by atoms with Gasteiger partial charge >= 0.3 is 0 Å². The van der Waals surface area contributed by atoms with Crippen LogP contribution in [-0.2, 0) is 0 Å². The first-order chi connectivity index (χ1) is 10.7. The van der Waals surface area contributed by atoms with Crippen molar-refractivity contribution in [3.63, 3.8) is 0 Å². The van der Waals surface area contributed by atoms with E-state index >= 15 is 0 Å². The third kappa shape index (κ3) is 4.01. The minimum Gasteiger partial charge on any atom is -0.370 e. The summed E-state index contributed by atoms with van der Waals surface area (Å²) >= 11 is 0. The average molecular weight is 304 g/mol. The quantitative estimate of drug-likeness (QED) is 0.876. The number of rotatable bonds is 5. The topological polar surface area (TPSA) is 15.3 Å². The monoisotopic (exact) mass is 304 g/mol. The Morgan fingerprint density at radius 1 is 1.18 bits per heavy atom. The van der Waals surface area contributed by atoms with Crippen LogP contribution in [-0.4, -0.2) is 25.7 Å². The number of nitrogens with one attached hydrogen (secondary N) is 1. The minimum absolute atomic E-state index is 0.133. The first-order valence-corrected chi connectivity index (χ1v) is 8.98. The van der Waals surface area contributed by atoms with Gasteiger partial charge in [0.05, 0.1) is 0 Å². The summed E-state index contributed by atoms with van der Waals surface area (Å²) in [6, 6.07) is 7.60. The van der Waals surface area contributed by atoms with Gasteiger partial charge in [-0.15, -0.1) is 0 Å². The summed E-state index contributed by atoms with van der Waals surface area (Å²) < 4.78 is 13.5. The van der Waals surface area contributed by atoms with Crippen LogP contribution < -0.4 is 10.2 Å². The molecule has 0 bridgehead atoms. The highest BCUT2D eigenvalue weighted by atomic mass is 19.1. The summed E-state index contributed by atoms with van der Waals surface area (Å²) in [5, 5.41) is 3.81. The Kier molecular flexibility index (Phi) is 5.35. The summed E-state index contributed by atoms with van der Waals surface area (Å²) in [6.07, 6.45) is 8.06. The largest absolute Gasteiger partial charge is 0.370 e. The number of piperidine rings is 1. The lowest BCUT2D eigenvalue weighted by Gasteiger charge is -2.39. The fraction of sp³-hybridized carbons (Fsp3) is 0.684. The molecule has 2 fully saturated rings. The van der Waals surface area contributed by atoms with Gasteiger partial charge in [0.25, 0.3) is 0 Å². The van der Waals surface area contributed by atoms with Crippen LogP contribution in [0.5, 0.6) is 0 Å². The maximum atomic E-state index is 13.5. The Morgan fingerprint density at radius 2 is 2.00 bits per heavy atom. The van der Waals surface area contributed by atoms with Crippen molar-refractivity contribution >= 4 is 5.69 Å². The molecule has 122 valence electrons. The summed E-state index contributed by atoms with van der Waals surface area (Å²) in [7, 11) is 0. The number of halogens is 1. The Hall–Kier alpha value is -1.09. The molecule has 3 rings (SSSR count). The molecule has 1 heterocycles. The van der Waals surface area contributed by atoms with Crippen molar-refractivity contribution in [3.8, 4) is 0 Å². The van der Waals surface area contributed by atoms with Gasteiger partial charge in [-0.1, -0.05) is 32.3 Å². The van der Waals surface area contributed by atoms with Crippen LogP contribution in [0.25, 0.3) is 0 Å². The molecule has 0 spiro atoms. The normalized spacial score (nSPS) is 26.5. The highest BCUT2D eigenvalue weighted by Crippen LogP contribution is 2.27. The zero-order valence-electron chi connectivity index (χ0n) is 13.7. The van der Waals surface area contributed by atoms with E-state index in [2.05, 4.69) is 17.1 Å². The standard InChI is InChI=1S/C19H29FN2/c1-2-15-10-18(21-12-16-6-3-4-7-16)14-22(13-15)19-9-5-8-17(20)11-19/h5,8-9,11,15-16,18,21H,2-4,6-7,10,12-14H2,1H3. The Bertz CT molecular complexity index is 470. The zero-order chi connectivity index (χ0) is 15.4. The van der Waals surface area contributed by atoms with E-state index in [1.807, 2.05) is 12.1 Å². The van der Waals surface area contributed by atoms with Crippen molar-refractivity contribution in [3.05, 3.63) is 30.1 Å². The van der Waals surface area contributed by atoms with Gasteiger partial charge in [-0.25, -0.2) is 4.39 Å². The number of benzene rings is 1. The van der Waals surface area contributed by atoms with Crippen molar-refractivity contribution in [2.75, 3.05) is 24.5 Å². The Labute approximate surface area is 134 Å². The van der Waals surface area contributed by atoms with Crippen molar-refractivity contribution in [2.24, 2.45) is 11.8 Å². The highest BCUT2D eigenvalue weighted by molar-refractivity contribution is 5.47. The van der Waals surface area contributed by atoms with E-state index in [4.69, 9.17) is 0 Å². The first-order valence-electron chi connectivity index (χ1n) is 8.98. The van der Waals surface area contributed by atoms with Crippen LogP contribution >= 0.6 is 0 Å². The van der Waals surface area contributed by atoms with Gasteiger partial charge in [0.2, 0.25) is 0 Å². The molecule has 0 aromatic heterocycles. The second-order valence-corrected chi connectivity index (χ2v) is 7.15. The van der Waals surface area contributed by atoms with Gasteiger partial charge in [0.1, 0.15) is 5.82 Å². The maximum absolute atomic E-state index is 13.5.